The summed E-state index contributed by atoms with van der Waals surface area (Å²) in [4.78, 5) is 30.7. The van der Waals surface area contributed by atoms with Gasteiger partial charge in [0.1, 0.15) is 6.04 Å². The topological polar surface area (TPSA) is 101 Å². The number of aromatic nitrogens is 3. The number of hydrogen-bond donors (Lipinski definition) is 1. The molecule has 0 radical (unpaired) electrons. The van der Waals surface area contributed by atoms with E-state index < -0.39 is 0 Å². The number of pyridine rings is 1. The van der Waals surface area contributed by atoms with Crippen LogP contribution in [0.25, 0.3) is 0 Å². The lowest BCUT2D eigenvalue weighted by molar-refractivity contribution is -0.127. The number of nitrogens with zero attached hydrogens (tertiary/aromatic N) is 4. The Labute approximate surface area is 158 Å². The lowest BCUT2D eigenvalue weighted by atomic mass is 9.95. The van der Waals surface area contributed by atoms with Crippen LogP contribution in [0.1, 0.15) is 67.7 Å². The molecule has 1 fully saturated rings. The Morgan fingerprint density at radius 2 is 1.74 bits per heavy atom. The van der Waals surface area contributed by atoms with E-state index in [9.17, 15) is 9.59 Å². The fraction of sp³-hybridized carbons (Fsp3) is 0.526. The predicted molar refractivity (Wildman–Crippen MR) is 97.8 cm³/mol. The molecule has 0 aliphatic carbocycles. The largest absolute Gasteiger partial charge is 0.423 e. The molecular weight excluding hydrogens is 346 g/mol. The Hall–Kier alpha value is -2.77. The van der Waals surface area contributed by atoms with E-state index in [2.05, 4.69) is 20.5 Å². The molecule has 0 unspecified atom stereocenters. The van der Waals surface area contributed by atoms with E-state index in [0.717, 1.165) is 0 Å². The molecule has 1 aliphatic heterocycles. The van der Waals surface area contributed by atoms with Crippen LogP contribution in [0.4, 0.5) is 0 Å². The predicted octanol–water partition coefficient (Wildman–Crippen LogP) is 2.32. The Bertz CT molecular complexity index is 782. The number of likely N-dealkylation sites (tertiary alicyclic amines) is 1. The van der Waals surface area contributed by atoms with Gasteiger partial charge >= 0.3 is 0 Å². The highest BCUT2D eigenvalue weighted by Crippen LogP contribution is 2.21. The van der Waals surface area contributed by atoms with Gasteiger partial charge in [0.15, 0.2) is 0 Å². The number of amides is 2. The maximum Gasteiger partial charge on any atom is 0.253 e. The van der Waals surface area contributed by atoms with Crippen LogP contribution < -0.4 is 5.32 Å². The minimum absolute atomic E-state index is 0.0169. The van der Waals surface area contributed by atoms with Crippen molar-refractivity contribution in [1.82, 2.24) is 25.4 Å². The number of nitrogens with one attached hydrogen (secondary N) is 1. The summed E-state index contributed by atoms with van der Waals surface area (Å²) >= 11 is 0. The Kier molecular flexibility index (Phi) is 5.83. The second-order valence-electron chi connectivity index (χ2n) is 7.17. The number of hydrogen-bond acceptors (Lipinski definition) is 6. The zero-order valence-electron chi connectivity index (χ0n) is 15.9. The third-order valence-corrected chi connectivity index (χ3v) is 4.76. The van der Waals surface area contributed by atoms with Crippen molar-refractivity contribution in [2.75, 3.05) is 13.1 Å². The van der Waals surface area contributed by atoms with E-state index in [1.165, 1.54) is 0 Å². The van der Waals surface area contributed by atoms with Crippen LogP contribution in [-0.4, -0.2) is 45.0 Å². The SMILES string of the molecule is CC(C)c1nnc([C@@H](C)NC(=O)C2CCN(C(=O)c3ccncc3)CC2)o1. The van der Waals surface area contributed by atoms with Crippen molar-refractivity contribution >= 4 is 11.8 Å². The van der Waals surface area contributed by atoms with Gasteiger partial charge in [-0.05, 0) is 31.9 Å². The fourth-order valence-electron chi connectivity index (χ4n) is 3.07. The molecule has 3 heterocycles. The summed E-state index contributed by atoms with van der Waals surface area (Å²) in [5.41, 5.74) is 0.624. The first-order valence-corrected chi connectivity index (χ1v) is 9.28. The second-order valence-corrected chi connectivity index (χ2v) is 7.17. The van der Waals surface area contributed by atoms with Gasteiger partial charge in [-0.1, -0.05) is 13.8 Å². The molecule has 1 N–H and O–H groups in total. The van der Waals surface area contributed by atoms with Gasteiger partial charge in [0, 0.05) is 42.9 Å². The summed E-state index contributed by atoms with van der Waals surface area (Å²) in [5.74, 6) is 0.948. The van der Waals surface area contributed by atoms with Crippen LogP contribution in [0, 0.1) is 5.92 Å². The summed E-state index contributed by atoms with van der Waals surface area (Å²) < 4.78 is 5.60. The summed E-state index contributed by atoms with van der Waals surface area (Å²) in [6, 6.07) is 3.08. The first-order chi connectivity index (χ1) is 13.0. The van der Waals surface area contributed by atoms with Crippen molar-refractivity contribution in [3.8, 4) is 0 Å². The maximum atomic E-state index is 12.6. The van der Waals surface area contributed by atoms with E-state index in [4.69, 9.17) is 4.42 Å². The van der Waals surface area contributed by atoms with E-state index >= 15 is 0 Å². The molecule has 2 aromatic rings. The summed E-state index contributed by atoms with van der Waals surface area (Å²) in [5, 5.41) is 11.0. The van der Waals surface area contributed by atoms with Crippen molar-refractivity contribution in [3.63, 3.8) is 0 Å². The van der Waals surface area contributed by atoms with Gasteiger partial charge in [-0.2, -0.15) is 0 Å². The Morgan fingerprint density at radius 3 is 2.33 bits per heavy atom. The molecule has 0 saturated carbocycles. The molecule has 1 atom stereocenters. The molecule has 0 aromatic carbocycles. The minimum Gasteiger partial charge on any atom is -0.423 e. The second kappa shape index (κ2) is 8.28. The highest BCUT2D eigenvalue weighted by molar-refractivity contribution is 5.94. The number of carbonyl (C=O) groups is 2. The third-order valence-electron chi connectivity index (χ3n) is 4.76. The van der Waals surface area contributed by atoms with Crippen molar-refractivity contribution in [2.45, 2.75) is 45.6 Å². The molecule has 8 nitrogen and oxygen atoms in total. The van der Waals surface area contributed by atoms with Crippen molar-refractivity contribution < 1.29 is 14.0 Å². The van der Waals surface area contributed by atoms with E-state index in [-0.39, 0.29) is 29.7 Å². The van der Waals surface area contributed by atoms with Gasteiger partial charge in [0.05, 0.1) is 0 Å². The van der Waals surface area contributed by atoms with Crippen LogP contribution in [0.3, 0.4) is 0 Å². The molecular formula is C19H25N5O3. The highest BCUT2D eigenvalue weighted by atomic mass is 16.4. The molecule has 8 heteroatoms. The molecule has 144 valence electrons. The number of rotatable bonds is 5. The van der Waals surface area contributed by atoms with Crippen molar-refractivity contribution in [1.29, 1.82) is 0 Å². The minimum atomic E-state index is -0.339. The maximum absolute atomic E-state index is 12.6. The van der Waals surface area contributed by atoms with Crippen molar-refractivity contribution in [3.05, 3.63) is 41.9 Å². The molecule has 3 rings (SSSR count). The lowest BCUT2D eigenvalue weighted by Crippen LogP contribution is -2.43. The van der Waals surface area contributed by atoms with E-state index in [1.807, 2.05) is 20.8 Å². The third kappa shape index (κ3) is 4.50. The van der Waals surface area contributed by atoms with E-state index in [0.29, 0.717) is 43.3 Å². The quantitative estimate of drug-likeness (QED) is 0.865. The van der Waals surface area contributed by atoms with Crippen LogP contribution in [0.5, 0.6) is 0 Å². The Morgan fingerprint density at radius 1 is 1.11 bits per heavy atom. The van der Waals surface area contributed by atoms with Crippen molar-refractivity contribution in [2.24, 2.45) is 5.92 Å². The van der Waals surface area contributed by atoms with Gasteiger partial charge in [0.2, 0.25) is 17.7 Å². The van der Waals surface area contributed by atoms with E-state index in [1.54, 1.807) is 29.4 Å². The molecule has 27 heavy (non-hydrogen) atoms. The van der Waals surface area contributed by atoms with Crippen LogP contribution in [0.2, 0.25) is 0 Å². The average Bonchev–Trinajstić information content (AvgIpc) is 3.19. The van der Waals surface area contributed by atoms with Gasteiger partial charge in [0.25, 0.3) is 5.91 Å². The fourth-order valence-corrected chi connectivity index (χ4v) is 3.07. The van der Waals surface area contributed by atoms with Crippen LogP contribution in [0.15, 0.2) is 28.9 Å². The zero-order valence-corrected chi connectivity index (χ0v) is 15.9. The molecule has 0 spiro atoms. The van der Waals surface area contributed by atoms with Crippen LogP contribution >= 0.6 is 0 Å². The molecule has 0 bridgehead atoms. The first-order valence-electron chi connectivity index (χ1n) is 9.28. The van der Waals surface area contributed by atoms with Gasteiger partial charge in [-0.25, -0.2) is 0 Å². The standard InChI is InChI=1S/C19H25N5O3/c1-12(2)17-22-23-18(27-17)13(3)21-16(25)14-6-10-24(11-7-14)19(26)15-4-8-20-9-5-15/h4-5,8-9,12-14H,6-7,10-11H2,1-3H3,(H,21,25)/t13-/m1/s1. The summed E-state index contributed by atoms with van der Waals surface area (Å²) in [7, 11) is 0. The molecule has 1 aliphatic rings. The Balaban J connectivity index is 1.51. The summed E-state index contributed by atoms with van der Waals surface area (Å²) in [6.07, 6.45) is 4.49. The molecule has 2 aromatic heterocycles. The normalized spacial score (nSPS) is 16.4. The molecule has 2 amide bonds. The first kappa shape index (κ1) is 19.0. The van der Waals surface area contributed by atoms with Crippen LogP contribution in [-0.2, 0) is 4.79 Å². The number of piperidine rings is 1. The lowest BCUT2D eigenvalue weighted by Gasteiger charge is -2.31. The number of carbonyl (C=O) groups excluding carboxylic acids is 2. The zero-order chi connectivity index (χ0) is 19.4. The summed E-state index contributed by atoms with van der Waals surface area (Å²) in [6.45, 7) is 6.90. The van der Waals surface area contributed by atoms with Gasteiger partial charge < -0.3 is 14.6 Å². The van der Waals surface area contributed by atoms with Gasteiger partial charge in [-0.3, -0.25) is 14.6 Å². The molecule has 1 saturated heterocycles. The highest BCUT2D eigenvalue weighted by Gasteiger charge is 2.29. The smallest absolute Gasteiger partial charge is 0.253 e. The monoisotopic (exact) mass is 371 g/mol. The van der Waals surface area contributed by atoms with Gasteiger partial charge in [-0.15, -0.1) is 10.2 Å². The average molecular weight is 371 g/mol.